The fourth-order valence-corrected chi connectivity index (χ4v) is 2.24. The first kappa shape index (κ1) is 14.6. The normalized spacial score (nSPS) is 10.7. The van der Waals surface area contributed by atoms with Crippen molar-refractivity contribution < 1.29 is 4.79 Å². The number of hydrogen-bond acceptors (Lipinski definition) is 3. The van der Waals surface area contributed by atoms with Gasteiger partial charge >= 0.3 is 0 Å². The molecule has 0 aliphatic heterocycles. The lowest BCUT2D eigenvalue weighted by Gasteiger charge is -2.00. The first-order chi connectivity index (χ1) is 9.74. The highest BCUT2D eigenvalue weighted by Gasteiger charge is 1.97. The molecule has 0 saturated carbocycles. The number of amides is 1. The predicted molar refractivity (Wildman–Crippen MR) is 84.8 cm³/mol. The van der Waals surface area contributed by atoms with Crippen LogP contribution < -0.4 is 5.32 Å². The highest BCUT2D eigenvalue weighted by atomic mass is 35.5. The Morgan fingerprint density at radius 3 is 2.75 bits per heavy atom. The molecule has 20 heavy (non-hydrogen) atoms. The fraction of sp³-hybridized carbons (Fsp3) is 0.0667. The molecular formula is C15H13ClN2OS. The number of anilines is 1. The molecule has 3 nitrogen and oxygen atoms in total. The van der Waals surface area contributed by atoms with Crippen LogP contribution in [0.25, 0.3) is 0 Å². The van der Waals surface area contributed by atoms with Gasteiger partial charge in [-0.25, -0.2) is 4.98 Å². The summed E-state index contributed by atoms with van der Waals surface area (Å²) in [6, 6.07) is 13.0. The van der Waals surface area contributed by atoms with Crippen LogP contribution in [-0.2, 0) is 10.5 Å². The fourth-order valence-electron chi connectivity index (χ4n) is 1.45. The molecule has 1 N–H and O–H groups in total. The van der Waals surface area contributed by atoms with E-state index in [0.717, 1.165) is 17.0 Å². The van der Waals surface area contributed by atoms with Crippen LogP contribution in [0.4, 0.5) is 5.69 Å². The summed E-state index contributed by atoms with van der Waals surface area (Å²) in [6.07, 6.45) is 3.24. The van der Waals surface area contributed by atoms with Crippen molar-refractivity contribution in [3.63, 3.8) is 0 Å². The minimum atomic E-state index is -0.141. The van der Waals surface area contributed by atoms with Crippen LogP contribution in [-0.4, -0.2) is 10.9 Å². The maximum Gasteiger partial charge on any atom is 0.248 e. The highest BCUT2D eigenvalue weighted by molar-refractivity contribution is 8.01. The molecule has 2 rings (SSSR count). The summed E-state index contributed by atoms with van der Waals surface area (Å²) in [6.45, 7) is 0. The van der Waals surface area contributed by atoms with Crippen molar-refractivity contribution in [2.75, 3.05) is 5.32 Å². The topological polar surface area (TPSA) is 42.0 Å². The van der Waals surface area contributed by atoms with Crippen LogP contribution in [0.5, 0.6) is 0 Å². The van der Waals surface area contributed by atoms with Gasteiger partial charge in [0.1, 0.15) is 5.15 Å². The minimum Gasteiger partial charge on any atom is -0.322 e. The number of carbonyl (C=O) groups excluding carboxylic acids is 1. The Kier molecular flexibility index (Phi) is 5.65. The maximum atomic E-state index is 11.6. The van der Waals surface area contributed by atoms with Gasteiger partial charge in [-0.1, -0.05) is 35.9 Å². The third-order valence-corrected chi connectivity index (χ3v) is 3.45. The second-order valence-electron chi connectivity index (χ2n) is 3.96. The van der Waals surface area contributed by atoms with E-state index in [2.05, 4.69) is 10.3 Å². The number of pyridine rings is 1. The van der Waals surface area contributed by atoms with Gasteiger partial charge in [-0.05, 0) is 29.2 Å². The van der Waals surface area contributed by atoms with Gasteiger partial charge in [0.05, 0.1) is 0 Å². The summed E-state index contributed by atoms with van der Waals surface area (Å²) in [4.78, 5) is 15.6. The van der Waals surface area contributed by atoms with E-state index in [1.807, 2.05) is 36.4 Å². The zero-order valence-corrected chi connectivity index (χ0v) is 12.2. The van der Waals surface area contributed by atoms with E-state index in [9.17, 15) is 4.79 Å². The average Bonchev–Trinajstić information content (AvgIpc) is 2.46. The Balaban J connectivity index is 1.76. The maximum absolute atomic E-state index is 11.6. The Morgan fingerprint density at radius 2 is 2.05 bits per heavy atom. The summed E-state index contributed by atoms with van der Waals surface area (Å²) < 4.78 is 0. The first-order valence-electron chi connectivity index (χ1n) is 5.98. The molecule has 0 spiro atoms. The SMILES string of the molecule is O=C(C=CSCc1ccc(Cl)nc1)Nc1ccccc1. The molecule has 0 aliphatic rings. The number of para-hydroxylation sites is 1. The van der Waals surface area contributed by atoms with Gasteiger partial charge in [0.15, 0.2) is 0 Å². The first-order valence-corrected chi connectivity index (χ1v) is 7.41. The molecule has 5 heteroatoms. The molecule has 0 aliphatic carbocycles. The van der Waals surface area contributed by atoms with Gasteiger partial charge in [0, 0.05) is 23.7 Å². The largest absolute Gasteiger partial charge is 0.322 e. The molecule has 2 aromatic rings. The zero-order valence-electron chi connectivity index (χ0n) is 10.6. The number of nitrogens with zero attached hydrogens (tertiary/aromatic N) is 1. The van der Waals surface area contributed by atoms with Crippen LogP contribution in [0.1, 0.15) is 5.56 Å². The van der Waals surface area contributed by atoms with E-state index >= 15 is 0 Å². The van der Waals surface area contributed by atoms with Crippen LogP contribution in [0.15, 0.2) is 60.1 Å². The van der Waals surface area contributed by atoms with E-state index in [-0.39, 0.29) is 5.91 Å². The third-order valence-electron chi connectivity index (χ3n) is 2.40. The lowest BCUT2D eigenvalue weighted by molar-refractivity contribution is -0.111. The third kappa shape index (κ3) is 5.07. The Labute approximate surface area is 127 Å². The van der Waals surface area contributed by atoms with Gasteiger partial charge in [-0.15, -0.1) is 11.8 Å². The number of aromatic nitrogens is 1. The van der Waals surface area contributed by atoms with Gasteiger partial charge in [-0.3, -0.25) is 4.79 Å². The van der Waals surface area contributed by atoms with Crippen LogP contribution in [0, 0.1) is 0 Å². The van der Waals surface area contributed by atoms with Crippen LogP contribution in [0.2, 0.25) is 5.15 Å². The average molecular weight is 305 g/mol. The van der Waals surface area contributed by atoms with Crippen molar-refractivity contribution in [1.29, 1.82) is 0 Å². The molecule has 1 heterocycles. The Morgan fingerprint density at radius 1 is 1.25 bits per heavy atom. The zero-order chi connectivity index (χ0) is 14.2. The van der Waals surface area contributed by atoms with E-state index < -0.39 is 0 Å². The summed E-state index contributed by atoms with van der Waals surface area (Å²) in [5.41, 5.74) is 1.85. The molecule has 1 aromatic heterocycles. The van der Waals surface area contributed by atoms with Crippen molar-refractivity contribution >= 4 is 35.0 Å². The number of thioether (sulfide) groups is 1. The molecular weight excluding hydrogens is 292 g/mol. The quantitative estimate of drug-likeness (QED) is 0.667. The van der Waals surface area contributed by atoms with Crippen molar-refractivity contribution in [3.05, 3.63) is 70.9 Å². The number of carbonyl (C=O) groups is 1. The minimum absolute atomic E-state index is 0.141. The van der Waals surface area contributed by atoms with Crippen molar-refractivity contribution in [2.45, 2.75) is 5.75 Å². The van der Waals surface area contributed by atoms with E-state index in [1.54, 1.807) is 17.7 Å². The lowest BCUT2D eigenvalue weighted by atomic mass is 10.3. The number of benzene rings is 1. The van der Waals surface area contributed by atoms with E-state index in [1.165, 1.54) is 17.8 Å². The number of rotatable bonds is 5. The molecule has 0 atom stereocenters. The molecule has 0 bridgehead atoms. The monoisotopic (exact) mass is 304 g/mol. The molecule has 0 fully saturated rings. The summed E-state index contributed by atoms with van der Waals surface area (Å²) in [5.74, 6) is 0.608. The standard InChI is InChI=1S/C15H13ClN2OS/c16-14-7-6-12(10-17-14)11-20-9-8-15(19)18-13-4-2-1-3-5-13/h1-10H,11H2,(H,18,19). The van der Waals surface area contributed by atoms with Gasteiger partial charge in [-0.2, -0.15) is 0 Å². The summed E-state index contributed by atoms with van der Waals surface area (Å²) in [5, 5.41) is 5.03. The highest BCUT2D eigenvalue weighted by Crippen LogP contribution is 2.14. The molecule has 102 valence electrons. The smallest absolute Gasteiger partial charge is 0.248 e. The molecule has 0 radical (unpaired) electrons. The molecule has 0 unspecified atom stereocenters. The second-order valence-corrected chi connectivity index (χ2v) is 5.24. The van der Waals surface area contributed by atoms with Crippen LogP contribution in [0.3, 0.4) is 0 Å². The van der Waals surface area contributed by atoms with Crippen molar-refractivity contribution in [1.82, 2.24) is 4.98 Å². The molecule has 1 aromatic carbocycles. The Bertz CT molecular complexity index is 585. The van der Waals surface area contributed by atoms with Gasteiger partial charge in [0.25, 0.3) is 0 Å². The van der Waals surface area contributed by atoms with Crippen molar-refractivity contribution in [2.24, 2.45) is 0 Å². The van der Waals surface area contributed by atoms with Crippen molar-refractivity contribution in [3.8, 4) is 0 Å². The predicted octanol–water partition coefficient (Wildman–Crippen LogP) is 4.12. The van der Waals surface area contributed by atoms with E-state index in [4.69, 9.17) is 11.6 Å². The van der Waals surface area contributed by atoms with E-state index in [0.29, 0.717) is 5.15 Å². The second kappa shape index (κ2) is 7.72. The number of hydrogen-bond donors (Lipinski definition) is 1. The number of halogens is 1. The molecule has 0 saturated heterocycles. The van der Waals surface area contributed by atoms with Gasteiger partial charge in [0.2, 0.25) is 5.91 Å². The number of nitrogens with one attached hydrogen (secondary N) is 1. The molecule has 1 amide bonds. The van der Waals surface area contributed by atoms with Gasteiger partial charge < -0.3 is 5.32 Å². The summed E-state index contributed by atoms with van der Waals surface area (Å²) >= 11 is 7.23. The lowest BCUT2D eigenvalue weighted by Crippen LogP contribution is -2.07. The summed E-state index contributed by atoms with van der Waals surface area (Å²) in [7, 11) is 0. The Hall–Kier alpha value is -1.78. The van der Waals surface area contributed by atoms with Crippen LogP contribution >= 0.6 is 23.4 Å².